The summed E-state index contributed by atoms with van der Waals surface area (Å²) < 4.78 is 24.6. The molecule has 1 aromatic rings. The fourth-order valence-corrected chi connectivity index (χ4v) is 6.15. The number of fused-ring (bicyclic) bond motifs is 1. The molecular formula is C17H22N4O4S. The first-order valence-electron chi connectivity index (χ1n) is 8.78. The minimum absolute atomic E-state index is 0.0256. The van der Waals surface area contributed by atoms with Gasteiger partial charge in [0.1, 0.15) is 5.41 Å². The van der Waals surface area contributed by atoms with Gasteiger partial charge < -0.3 is 10.6 Å². The number of nitrogens with two attached hydrogens (primary N) is 1. The number of carbonyl (C=O) groups excluding carboxylic acids is 2. The highest BCUT2D eigenvalue weighted by molar-refractivity contribution is 7.91. The Kier molecular flexibility index (Phi) is 4.03. The minimum Gasteiger partial charge on any atom is -0.369 e. The van der Waals surface area contributed by atoms with Crippen LogP contribution in [0.4, 0.5) is 0 Å². The molecule has 9 heteroatoms. The fraction of sp³-hybridized carbons (Fsp3) is 0.588. The zero-order valence-corrected chi connectivity index (χ0v) is 15.2. The summed E-state index contributed by atoms with van der Waals surface area (Å²) in [6.45, 7) is 1.49. The Balaban J connectivity index is 1.58. The van der Waals surface area contributed by atoms with Crippen LogP contribution in [0.3, 0.4) is 0 Å². The van der Waals surface area contributed by atoms with Crippen molar-refractivity contribution >= 4 is 21.7 Å². The quantitative estimate of drug-likeness (QED) is 0.683. The number of rotatable bonds is 4. The first-order chi connectivity index (χ1) is 12.3. The molecule has 0 aromatic carbocycles. The van der Waals surface area contributed by atoms with Gasteiger partial charge in [-0.3, -0.25) is 19.5 Å². The predicted octanol–water partition coefficient (Wildman–Crippen LogP) is -0.843. The molecule has 8 nitrogen and oxygen atoms in total. The molecule has 0 radical (unpaired) electrons. The summed E-state index contributed by atoms with van der Waals surface area (Å²) in [4.78, 5) is 32.7. The Hall–Kier alpha value is -2.00. The topological polar surface area (TPSA) is 114 Å². The summed E-state index contributed by atoms with van der Waals surface area (Å²) in [6.07, 6.45) is 2.63. The maximum Gasteiger partial charge on any atom is 0.238 e. The van der Waals surface area contributed by atoms with Crippen molar-refractivity contribution in [2.45, 2.75) is 31.5 Å². The van der Waals surface area contributed by atoms with Crippen LogP contribution in [0.1, 0.15) is 18.5 Å². The number of pyridine rings is 1. The van der Waals surface area contributed by atoms with Crippen molar-refractivity contribution in [3.63, 3.8) is 0 Å². The van der Waals surface area contributed by atoms with E-state index in [1.807, 2.05) is 18.2 Å². The second-order valence-corrected chi connectivity index (χ2v) is 9.60. The molecule has 3 heterocycles. The minimum atomic E-state index is -3.24. The van der Waals surface area contributed by atoms with E-state index in [1.54, 1.807) is 11.1 Å². The molecule has 1 saturated carbocycles. The van der Waals surface area contributed by atoms with Crippen LogP contribution in [-0.4, -0.2) is 71.7 Å². The standard InChI is InChI=1S/C17H22N4O4S/c18-15(22)17(4-5-17)16(23)21-8-7-20(9-12-3-1-2-6-19-12)13-10-26(24,25)11-14(13)21/h1-3,6,13-14H,4-5,7-11H2,(H2,18,22)/t13-,14+/m1/s1. The maximum absolute atomic E-state index is 12.9. The van der Waals surface area contributed by atoms with Gasteiger partial charge >= 0.3 is 0 Å². The molecule has 0 unspecified atom stereocenters. The van der Waals surface area contributed by atoms with Crippen molar-refractivity contribution < 1.29 is 18.0 Å². The number of amides is 2. The van der Waals surface area contributed by atoms with Crippen molar-refractivity contribution in [1.29, 1.82) is 0 Å². The van der Waals surface area contributed by atoms with E-state index in [2.05, 4.69) is 9.88 Å². The Morgan fingerprint density at radius 2 is 1.92 bits per heavy atom. The third-order valence-corrected chi connectivity index (χ3v) is 7.47. The predicted molar refractivity (Wildman–Crippen MR) is 93.5 cm³/mol. The molecule has 3 aliphatic rings. The van der Waals surface area contributed by atoms with Gasteiger partial charge in [0.25, 0.3) is 0 Å². The lowest BCUT2D eigenvalue weighted by Gasteiger charge is -2.44. The van der Waals surface area contributed by atoms with Crippen molar-refractivity contribution in [2.75, 3.05) is 24.6 Å². The Morgan fingerprint density at radius 1 is 1.19 bits per heavy atom. The van der Waals surface area contributed by atoms with Crippen molar-refractivity contribution in [3.05, 3.63) is 30.1 Å². The third kappa shape index (κ3) is 2.88. The summed E-state index contributed by atoms with van der Waals surface area (Å²) in [5, 5.41) is 0. The van der Waals surface area contributed by atoms with Gasteiger partial charge in [0, 0.05) is 31.9 Å². The zero-order valence-electron chi connectivity index (χ0n) is 14.4. The summed E-state index contributed by atoms with van der Waals surface area (Å²) in [5.74, 6) is -0.931. The lowest BCUT2D eigenvalue weighted by Crippen LogP contribution is -2.62. The largest absolute Gasteiger partial charge is 0.369 e. The van der Waals surface area contributed by atoms with E-state index >= 15 is 0 Å². The summed E-state index contributed by atoms with van der Waals surface area (Å²) >= 11 is 0. The molecule has 1 aromatic heterocycles. The van der Waals surface area contributed by atoms with Crippen LogP contribution in [0, 0.1) is 5.41 Å². The van der Waals surface area contributed by atoms with Gasteiger partial charge in [0.2, 0.25) is 11.8 Å². The third-order valence-electron chi connectivity index (χ3n) is 5.77. The second kappa shape index (κ2) is 6.02. The van der Waals surface area contributed by atoms with Crippen LogP contribution in [0.15, 0.2) is 24.4 Å². The molecule has 0 bridgehead atoms. The first-order valence-corrected chi connectivity index (χ1v) is 10.6. The molecular weight excluding hydrogens is 356 g/mol. The van der Waals surface area contributed by atoms with Crippen LogP contribution in [0.25, 0.3) is 0 Å². The summed E-state index contributed by atoms with van der Waals surface area (Å²) in [7, 11) is -3.24. The number of sulfone groups is 1. The lowest BCUT2D eigenvalue weighted by molar-refractivity contribution is -0.147. The second-order valence-electron chi connectivity index (χ2n) is 7.45. The maximum atomic E-state index is 12.9. The Morgan fingerprint density at radius 3 is 2.54 bits per heavy atom. The summed E-state index contributed by atoms with van der Waals surface area (Å²) in [5.41, 5.74) is 5.19. The average Bonchev–Trinajstić information content (AvgIpc) is 3.34. The molecule has 2 atom stereocenters. The number of carbonyl (C=O) groups is 2. The monoisotopic (exact) mass is 378 g/mol. The molecule has 26 heavy (non-hydrogen) atoms. The summed E-state index contributed by atoms with van der Waals surface area (Å²) in [6, 6.07) is 4.93. The Bertz CT molecular complexity index is 838. The highest BCUT2D eigenvalue weighted by Gasteiger charge is 2.60. The molecule has 0 spiro atoms. The molecule has 2 saturated heterocycles. The van der Waals surface area contributed by atoms with Crippen LogP contribution in [0.2, 0.25) is 0 Å². The van der Waals surface area contributed by atoms with E-state index in [0.29, 0.717) is 32.5 Å². The molecule has 1 aliphatic carbocycles. The number of primary amides is 1. The van der Waals surface area contributed by atoms with E-state index in [4.69, 9.17) is 5.73 Å². The van der Waals surface area contributed by atoms with E-state index in [-0.39, 0.29) is 23.5 Å². The fourth-order valence-electron chi connectivity index (χ4n) is 4.14. The van der Waals surface area contributed by atoms with Crippen LogP contribution < -0.4 is 5.73 Å². The van der Waals surface area contributed by atoms with Gasteiger partial charge in [0.15, 0.2) is 9.84 Å². The van der Waals surface area contributed by atoms with Gasteiger partial charge in [-0.15, -0.1) is 0 Å². The number of piperazine rings is 1. The van der Waals surface area contributed by atoms with Gasteiger partial charge in [-0.05, 0) is 25.0 Å². The number of hydrogen-bond acceptors (Lipinski definition) is 6. The normalized spacial score (nSPS) is 29.2. The first kappa shape index (κ1) is 17.4. The molecule has 4 rings (SSSR count). The zero-order chi connectivity index (χ0) is 18.5. The highest BCUT2D eigenvalue weighted by Crippen LogP contribution is 2.48. The molecule has 3 fully saturated rings. The van der Waals surface area contributed by atoms with E-state index in [9.17, 15) is 18.0 Å². The van der Waals surface area contributed by atoms with E-state index in [0.717, 1.165) is 5.69 Å². The SMILES string of the molecule is NC(=O)C1(C(=O)N2CCN(Cc3ccccn3)[C@@H]3CS(=O)(=O)C[C@@H]32)CC1. The van der Waals surface area contributed by atoms with Gasteiger partial charge in [-0.1, -0.05) is 6.07 Å². The van der Waals surface area contributed by atoms with Crippen LogP contribution >= 0.6 is 0 Å². The van der Waals surface area contributed by atoms with Gasteiger partial charge in [-0.25, -0.2) is 8.42 Å². The molecule has 2 aliphatic heterocycles. The lowest BCUT2D eigenvalue weighted by atomic mass is 9.98. The molecule has 2 amide bonds. The van der Waals surface area contributed by atoms with E-state index in [1.165, 1.54) is 0 Å². The van der Waals surface area contributed by atoms with E-state index < -0.39 is 27.2 Å². The number of nitrogens with zero attached hydrogens (tertiary/aromatic N) is 3. The highest BCUT2D eigenvalue weighted by atomic mass is 32.2. The Labute approximate surface area is 152 Å². The smallest absolute Gasteiger partial charge is 0.238 e. The van der Waals surface area contributed by atoms with Gasteiger partial charge in [-0.2, -0.15) is 0 Å². The number of aromatic nitrogens is 1. The molecule has 140 valence electrons. The van der Waals surface area contributed by atoms with Crippen molar-refractivity contribution in [1.82, 2.24) is 14.8 Å². The van der Waals surface area contributed by atoms with Crippen LogP contribution in [-0.2, 0) is 26.0 Å². The van der Waals surface area contributed by atoms with Gasteiger partial charge in [0.05, 0.1) is 23.2 Å². The van der Waals surface area contributed by atoms with Crippen molar-refractivity contribution in [3.8, 4) is 0 Å². The van der Waals surface area contributed by atoms with Crippen LogP contribution in [0.5, 0.6) is 0 Å². The van der Waals surface area contributed by atoms with Crippen molar-refractivity contribution in [2.24, 2.45) is 11.1 Å². The molecule has 2 N–H and O–H groups in total. The number of hydrogen-bond donors (Lipinski definition) is 1. The average molecular weight is 378 g/mol.